The van der Waals surface area contributed by atoms with E-state index in [9.17, 15) is 0 Å². The molecule has 0 atom stereocenters. The van der Waals surface area contributed by atoms with Gasteiger partial charge < -0.3 is 4.42 Å². The molecule has 7 aromatic carbocycles. The first kappa shape index (κ1) is 28.7. The summed E-state index contributed by atoms with van der Waals surface area (Å²) in [4.78, 5) is 10.4. The number of benzene rings is 7. The first-order chi connectivity index (χ1) is 24.5. The third-order valence-electron chi connectivity index (χ3n) is 10.5. The maximum atomic E-state index is 6.08. The maximum absolute atomic E-state index is 6.08. The van der Waals surface area contributed by atoms with Crippen LogP contribution in [-0.4, -0.2) is 9.97 Å². The number of hydrogen-bond donors (Lipinski definition) is 0. The molecule has 0 bridgehead atoms. The normalized spacial score (nSPS) is 13.2. The monoisotopic (exact) mass is 640 g/mol. The largest absolute Gasteiger partial charge is 0.456 e. The predicted molar refractivity (Wildman–Crippen MR) is 206 cm³/mol. The molecule has 0 aliphatic heterocycles. The quantitative estimate of drug-likeness (QED) is 0.192. The molecule has 3 nitrogen and oxygen atoms in total. The first-order valence-corrected chi connectivity index (χ1v) is 17.2. The zero-order valence-corrected chi connectivity index (χ0v) is 27.8. The SMILES string of the molecule is CC1(C)c2cc3ccccc3cc2-c2c(-c3cc(-c4ccc(-c5ccc6oc7ccccc7c6c5)cc4)nc(-c4ccccc4)n3)cccc21. The topological polar surface area (TPSA) is 38.9 Å². The minimum Gasteiger partial charge on any atom is -0.456 e. The van der Waals surface area contributed by atoms with Crippen molar-refractivity contribution in [3.63, 3.8) is 0 Å². The third-order valence-corrected chi connectivity index (χ3v) is 10.5. The molecular formula is C47H32N2O. The van der Waals surface area contributed by atoms with Gasteiger partial charge in [0.05, 0.1) is 11.4 Å². The minimum absolute atomic E-state index is 0.135. The maximum Gasteiger partial charge on any atom is 0.160 e. The highest BCUT2D eigenvalue weighted by Gasteiger charge is 2.37. The highest BCUT2D eigenvalue weighted by molar-refractivity contribution is 6.06. The van der Waals surface area contributed by atoms with Crippen molar-refractivity contribution < 1.29 is 4.42 Å². The lowest BCUT2D eigenvalue weighted by molar-refractivity contribution is 0.661. The zero-order chi connectivity index (χ0) is 33.4. The van der Waals surface area contributed by atoms with Crippen LogP contribution in [0.2, 0.25) is 0 Å². The molecule has 9 aromatic rings. The lowest BCUT2D eigenvalue weighted by Crippen LogP contribution is -2.14. The van der Waals surface area contributed by atoms with Crippen LogP contribution in [0, 0.1) is 0 Å². The number of hydrogen-bond acceptors (Lipinski definition) is 3. The van der Waals surface area contributed by atoms with Gasteiger partial charge in [0.25, 0.3) is 0 Å². The molecule has 0 radical (unpaired) electrons. The Morgan fingerprint density at radius 2 is 1.12 bits per heavy atom. The molecule has 50 heavy (non-hydrogen) atoms. The van der Waals surface area contributed by atoms with Gasteiger partial charge in [-0.25, -0.2) is 9.97 Å². The van der Waals surface area contributed by atoms with E-state index in [4.69, 9.17) is 14.4 Å². The Labute approximate surface area is 290 Å². The summed E-state index contributed by atoms with van der Waals surface area (Å²) in [6.45, 7) is 4.68. The Morgan fingerprint density at radius 1 is 0.440 bits per heavy atom. The molecule has 1 aliphatic rings. The second kappa shape index (κ2) is 10.8. The van der Waals surface area contributed by atoms with Crippen molar-refractivity contribution in [2.45, 2.75) is 19.3 Å². The summed E-state index contributed by atoms with van der Waals surface area (Å²) < 4.78 is 6.08. The third kappa shape index (κ3) is 4.44. The standard InChI is InChI=1S/C47H32N2O/c1-47(2)39-17-10-16-36(45(39)38-26-32-13-6-7-14-33(32)27-40(38)47)42-28-41(48-46(49-42)31-11-4-3-5-12-31)30-21-19-29(20-22-30)34-23-24-44-37(25-34)35-15-8-9-18-43(35)50-44/h3-28H,1-2H3. The Morgan fingerprint density at radius 3 is 1.96 bits per heavy atom. The summed E-state index contributed by atoms with van der Waals surface area (Å²) in [5.41, 5.74) is 14.2. The fourth-order valence-corrected chi connectivity index (χ4v) is 7.87. The number of rotatable bonds is 4. The molecule has 0 fully saturated rings. The van der Waals surface area contributed by atoms with E-state index < -0.39 is 0 Å². The van der Waals surface area contributed by atoms with Crippen LogP contribution in [0.25, 0.3) is 88.9 Å². The van der Waals surface area contributed by atoms with Crippen molar-refractivity contribution in [1.29, 1.82) is 0 Å². The van der Waals surface area contributed by atoms with E-state index in [-0.39, 0.29) is 5.41 Å². The fraction of sp³-hybridized carbons (Fsp3) is 0.0638. The van der Waals surface area contributed by atoms with Crippen LogP contribution in [0.15, 0.2) is 162 Å². The second-order valence-corrected chi connectivity index (χ2v) is 13.8. The molecule has 0 amide bonds. The van der Waals surface area contributed by atoms with E-state index in [0.717, 1.165) is 61.1 Å². The lowest BCUT2D eigenvalue weighted by atomic mass is 9.81. The van der Waals surface area contributed by atoms with E-state index >= 15 is 0 Å². The van der Waals surface area contributed by atoms with Gasteiger partial charge in [0, 0.05) is 32.9 Å². The van der Waals surface area contributed by atoms with Gasteiger partial charge in [-0.05, 0) is 80.6 Å². The van der Waals surface area contributed by atoms with Gasteiger partial charge in [0.15, 0.2) is 5.82 Å². The van der Waals surface area contributed by atoms with Crippen molar-refractivity contribution in [1.82, 2.24) is 9.97 Å². The lowest BCUT2D eigenvalue weighted by Gasteiger charge is -2.22. The number of furan rings is 1. The smallest absolute Gasteiger partial charge is 0.160 e. The van der Waals surface area contributed by atoms with Crippen LogP contribution < -0.4 is 0 Å². The van der Waals surface area contributed by atoms with Gasteiger partial charge in [-0.2, -0.15) is 0 Å². The highest BCUT2D eigenvalue weighted by atomic mass is 16.3. The Balaban J connectivity index is 1.12. The van der Waals surface area contributed by atoms with Gasteiger partial charge in [-0.15, -0.1) is 0 Å². The molecule has 236 valence electrons. The van der Waals surface area contributed by atoms with Crippen molar-refractivity contribution in [2.24, 2.45) is 0 Å². The molecule has 2 aromatic heterocycles. The summed E-state index contributed by atoms with van der Waals surface area (Å²) in [5.74, 6) is 0.716. The molecule has 0 N–H and O–H groups in total. The average molecular weight is 641 g/mol. The van der Waals surface area contributed by atoms with Crippen LogP contribution >= 0.6 is 0 Å². The van der Waals surface area contributed by atoms with Gasteiger partial charge >= 0.3 is 0 Å². The van der Waals surface area contributed by atoms with Crippen molar-refractivity contribution in [2.75, 3.05) is 0 Å². The molecule has 0 spiro atoms. The summed E-state index contributed by atoms with van der Waals surface area (Å²) in [7, 11) is 0. The van der Waals surface area contributed by atoms with E-state index in [0.29, 0.717) is 5.82 Å². The number of nitrogens with zero attached hydrogens (tertiary/aromatic N) is 2. The van der Waals surface area contributed by atoms with Crippen molar-refractivity contribution in [3.8, 4) is 56.2 Å². The summed E-state index contributed by atoms with van der Waals surface area (Å²) >= 11 is 0. The molecule has 0 saturated carbocycles. The van der Waals surface area contributed by atoms with Crippen LogP contribution in [0.1, 0.15) is 25.0 Å². The highest BCUT2D eigenvalue weighted by Crippen LogP contribution is 2.53. The zero-order valence-electron chi connectivity index (χ0n) is 27.8. The molecule has 10 rings (SSSR count). The number of para-hydroxylation sites is 1. The molecule has 0 saturated heterocycles. The van der Waals surface area contributed by atoms with Gasteiger partial charge in [-0.1, -0.05) is 135 Å². The van der Waals surface area contributed by atoms with Crippen LogP contribution in [-0.2, 0) is 5.41 Å². The Hall–Kier alpha value is -6.32. The predicted octanol–water partition coefficient (Wildman–Crippen LogP) is 12.5. The fourth-order valence-electron chi connectivity index (χ4n) is 7.87. The molecular weight excluding hydrogens is 609 g/mol. The second-order valence-electron chi connectivity index (χ2n) is 13.8. The van der Waals surface area contributed by atoms with Crippen molar-refractivity contribution >= 4 is 32.7 Å². The molecule has 1 aliphatic carbocycles. The summed E-state index contributed by atoms with van der Waals surface area (Å²) in [5, 5.41) is 4.78. The van der Waals surface area contributed by atoms with Crippen LogP contribution in [0.4, 0.5) is 0 Å². The minimum atomic E-state index is -0.135. The van der Waals surface area contributed by atoms with Crippen LogP contribution in [0.5, 0.6) is 0 Å². The van der Waals surface area contributed by atoms with Crippen molar-refractivity contribution in [3.05, 3.63) is 169 Å². The van der Waals surface area contributed by atoms with Gasteiger partial charge in [0.2, 0.25) is 0 Å². The summed E-state index contributed by atoms with van der Waals surface area (Å²) in [6, 6.07) is 55.9. The average Bonchev–Trinajstić information content (AvgIpc) is 3.65. The molecule has 2 heterocycles. The molecule has 3 heteroatoms. The first-order valence-electron chi connectivity index (χ1n) is 17.2. The van der Waals surface area contributed by atoms with E-state index in [1.807, 2.05) is 30.3 Å². The molecule has 0 unspecified atom stereocenters. The van der Waals surface area contributed by atoms with E-state index in [1.165, 1.54) is 33.0 Å². The van der Waals surface area contributed by atoms with Gasteiger partial charge in [-0.3, -0.25) is 0 Å². The Kier molecular flexibility index (Phi) is 6.22. The number of aromatic nitrogens is 2. The van der Waals surface area contributed by atoms with E-state index in [2.05, 4.69) is 141 Å². The van der Waals surface area contributed by atoms with Crippen LogP contribution in [0.3, 0.4) is 0 Å². The Bertz CT molecular complexity index is 2770. The van der Waals surface area contributed by atoms with Gasteiger partial charge in [0.1, 0.15) is 11.2 Å². The van der Waals surface area contributed by atoms with E-state index in [1.54, 1.807) is 0 Å². The summed E-state index contributed by atoms with van der Waals surface area (Å²) in [6.07, 6.45) is 0. The number of fused-ring (bicyclic) bond motifs is 7.